The fourth-order valence-corrected chi connectivity index (χ4v) is 6.55. The van der Waals surface area contributed by atoms with Gasteiger partial charge in [-0.2, -0.15) is 14.6 Å². The zero-order chi connectivity index (χ0) is 31.8. The summed E-state index contributed by atoms with van der Waals surface area (Å²) in [7, 11) is 1.59. The van der Waals surface area contributed by atoms with Crippen LogP contribution in [0.5, 0.6) is 0 Å². The third kappa shape index (κ3) is 6.15. The summed E-state index contributed by atoms with van der Waals surface area (Å²) in [5.74, 6) is -1.91. The number of ether oxygens (including phenoxy) is 2. The molecule has 13 heteroatoms. The van der Waals surface area contributed by atoms with E-state index in [9.17, 15) is 13.6 Å². The Bertz CT molecular complexity index is 1690. The first kappa shape index (κ1) is 30.5. The molecule has 4 atom stereocenters. The smallest absolute Gasteiger partial charge is 0.248 e. The highest BCUT2D eigenvalue weighted by Crippen LogP contribution is 2.37. The summed E-state index contributed by atoms with van der Waals surface area (Å²) in [6, 6.07) is 10.7. The van der Waals surface area contributed by atoms with Gasteiger partial charge in [-0.1, -0.05) is 18.2 Å². The summed E-state index contributed by atoms with van der Waals surface area (Å²) in [6.07, 6.45) is 6.02. The van der Waals surface area contributed by atoms with E-state index in [1.54, 1.807) is 29.2 Å². The van der Waals surface area contributed by atoms with Crippen LogP contribution in [0, 0.1) is 24.6 Å². The van der Waals surface area contributed by atoms with Crippen molar-refractivity contribution in [1.29, 1.82) is 0 Å². The minimum Gasteiger partial charge on any atom is -0.383 e. The van der Waals surface area contributed by atoms with Crippen LogP contribution in [0.4, 0.5) is 14.7 Å². The number of fused-ring (bicyclic) bond motifs is 2. The maximum absolute atomic E-state index is 14.1. The molecule has 4 saturated heterocycles. The fourth-order valence-electron chi connectivity index (χ4n) is 6.55. The summed E-state index contributed by atoms with van der Waals surface area (Å²) in [4.78, 5) is 34.9. The highest BCUT2D eigenvalue weighted by molar-refractivity contribution is 5.82. The molecule has 7 heterocycles. The van der Waals surface area contributed by atoms with Crippen molar-refractivity contribution in [3.63, 3.8) is 0 Å². The first-order chi connectivity index (χ1) is 22.4. The zero-order valence-electron chi connectivity index (χ0n) is 25.7. The SMILES string of the molecule is COCCN1C[C@@H](CC(=O)Cc2c(C)c(-c3cnc(N4CC5CC(C4)O5)nc3)nn2-c2ccccc2)[C@H](c2cnc(F)c(F)c2)O1. The van der Waals surface area contributed by atoms with Gasteiger partial charge in [0, 0.05) is 88.2 Å². The number of hydrogen-bond acceptors (Lipinski definition) is 10. The second-order valence-electron chi connectivity index (χ2n) is 12.1. The van der Waals surface area contributed by atoms with Crippen molar-refractivity contribution in [3.8, 4) is 16.9 Å². The van der Waals surface area contributed by atoms with E-state index in [2.05, 4.69) is 19.9 Å². The van der Waals surface area contributed by atoms with Gasteiger partial charge in [0.05, 0.1) is 35.9 Å². The molecule has 3 aromatic heterocycles. The van der Waals surface area contributed by atoms with Crippen LogP contribution in [0.25, 0.3) is 16.9 Å². The number of morpholine rings is 1. The summed E-state index contributed by atoms with van der Waals surface area (Å²) in [5, 5.41) is 6.64. The Hall–Kier alpha value is -4.17. The molecule has 0 spiro atoms. The Labute approximate surface area is 265 Å². The van der Waals surface area contributed by atoms with Crippen molar-refractivity contribution in [2.75, 3.05) is 44.8 Å². The van der Waals surface area contributed by atoms with E-state index in [4.69, 9.17) is 19.4 Å². The number of Topliss-reactive ketones (excluding diaryl/α,β-unsaturated/α-hetero) is 1. The molecule has 11 nitrogen and oxygen atoms in total. The summed E-state index contributed by atoms with van der Waals surface area (Å²) in [6.45, 7) is 4.83. The second-order valence-corrected chi connectivity index (χ2v) is 12.1. The molecule has 240 valence electrons. The summed E-state index contributed by atoms with van der Waals surface area (Å²) in [5.41, 5.74) is 4.26. The number of hydrogen-bond donors (Lipinski definition) is 0. The van der Waals surface area contributed by atoms with Gasteiger partial charge in [-0.3, -0.25) is 9.63 Å². The van der Waals surface area contributed by atoms with Crippen LogP contribution in [0.3, 0.4) is 0 Å². The minimum atomic E-state index is -1.18. The first-order valence-electron chi connectivity index (χ1n) is 15.5. The molecule has 4 aliphatic heterocycles. The predicted molar refractivity (Wildman–Crippen MR) is 163 cm³/mol. The van der Waals surface area contributed by atoms with Crippen molar-refractivity contribution >= 4 is 11.7 Å². The number of aromatic nitrogens is 5. The molecular formula is C33H35F2N7O4. The van der Waals surface area contributed by atoms with Gasteiger partial charge in [0.1, 0.15) is 11.9 Å². The number of para-hydroxylation sites is 1. The number of carbonyl (C=O) groups excluding carboxylic acids is 1. The number of piperidine rings is 1. The van der Waals surface area contributed by atoms with Crippen molar-refractivity contribution in [1.82, 2.24) is 29.8 Å². The number of ketones is 1. The van der Waals surface area contributed by atoms with Crippen LogP contribution in [0.1, 0.15) is 35.8 Å². The third-order valence-electron chi connectivity index (χ3n) is 8.87. The fraction of sp³-hybridized carbons (Fsp3) is 0.424. The lowest BCUT2D eigenvalue weighted by molar-refractivity contribution is -0.155. The van der Waals surface area contributed by atoms with Crippen LogP contribution in [0.15, 0.2) is 55.0 Å². The molecule has 8 rings (SSSR count). The molecule has 1 aromatic carbocycles. The highest BCUT2D eigenvalue weighted by Gasteiger charge is 2.39. The lowest BCUT2D eigenvalue weighted by atomic mass is 9.91. The van der Waals surface area contributed by atoms with E-state index < -0.39 is 17.9 Å². The molecule has 4 fully saturated rings. The van der Waals surface area contributed by atoms with Gasteiger partial charge in [0.15, 0.2) is 5.82 Å². The largest absolute Gasteiger partial charge is 0.383 e. The second kappa shape index (κ2) is 12.9. The molecule has 0 radical (unpaired) electrons. The van der Waals surface area contributed by atoms with E-state index in [1.807, 2.05) is 37.3 Å². The number of pyridine rings is 1. The lowest BCUT2D eigenvalue weighted by Crippen LogP contribution is -2.57. The standard InChI is InChI=1S/C33H35F2N7O4/c1-20-29(12-25(43)10-22-17-41(8-9-44-2)46-31(22)21-11-28(34)32(35)36-14-21)42(24-6-4-3-5-7-24)39-30(20)23-15-37-33(38-16-23)40-18-26-13-27(19-40)45-26/h3-7,11,14-16,22,26-27,31H,8-10,12-13,17-19H2,1-2H3/t22-,26?,27?,31+/m1/s1. The number of hydroxylamine groups is 2. The van der Waals surface area contributed by atoms with Crippen molar-refractivity contribution in [3.05, 3.63) is 83.6 Å². The number of benzene rings is 1. The molecule has 0 aliphatic carbocycles. The Morgan fingerprint density at radius 3 is 2.48 bits per heavy atom. The average Bonchev–Trinajstić information content (AvgIpc) is 3.61. The molecule has 4 aromatic rings. The topological polar surface area (TPSA) is 108 Å². The number of methoxy groups -OCH3 is 1. The molecule has 0 amide bonds. The maximum Gasteiger partial charge on any atom is 0.248 e. The van der Waals surface area contributed by atoms with Crippen LogP contribution < -0.4 is 4.90 Å². The Balaban J connectivity index is 1.13. The van der Waals surface area contributed by atoms with Crippen LogP contribution in [0.2, 0.25) is 0 Å². The molecule has 4 aliphatic rings. The van der Waals surface area contributed by atoms with E-state index in [0.717, 1.165) is 48.1 Å². The first-order valence-corrected chi connectivity index (χ1v) is 15.5. The Morgan fingerprint density at radius 1 is 1.04 bits per heavy atom. The van der Waals surface area contributed by atoms with E-state index in [0.29, 0.717) is 36.9 Å². The van der Waals surface area contributed by atoms with Gasteiger partial charge >= 0.3 is 0 Å². The third-order valence-corrected chi connectivity index (χ3v) is 8.87. The summed E-state index contributed by atoms with van der Waals surface area (Å²) < 4.78 is 40.5. The molecule has 0 N–H and O–H groups in total. The molecule has 46 heavy (non-hydrogen) atoms. The maximum atomic E-state index is 14.1. The zero-order valence-corrected chi connectivity index (χ0v) is 25.7. The van der Waals surface area contributed by atoms with E-state index >= 15 is 0 Å². The number of nitrogens with zero attached hydrogens (tertiary/aromatic N) is 7. The van der Waals surface area contributed by atoms with Crippen LogP contribution in [-0.2, 0) is 25.5 Å². The molecule has 2 unspecified atom stereocenters. The monoisotopic (exact) mass is 631 g/mol. The average molecular weight is 632 g/mol. The Kier molecular flexibility index (Phi) is 8.56. The number of carbonyl (C=O) groups is 1. The van der Waals surface area contributed by atoms with Gasteiger partial charge in [0.2, 0.25) is 11.9 Å². The minimum absolute atomic E-state index is 0.0352. The van der Waals surface area contributed by atoms with Crippen molar-refractivity contribution in [2.24, 2.45) is 5.92 Å². The summed E-state index contributed by atoms with van der Waals surface area (Å²) >= 11 is 0. The van der Waals surface area contributed by atoms with Gasteiger partial charge in [-0.25, -0.2) is 24.0 Å². The van der Waals surface area contributed by atoms with Gasteiger partial charge in [0.25, 0.3) is 0 Å². The molecular weight excluding hydrogens is 596 g/mol. The van der Waals surface area contributed by atoms with Crippen molar-refractivity contribution < 1.29 is 27.9 Å². The van der Waals surface area contributed by atoms with Gasteiger partial charge in [-0.05, 0) is 30.7 Å². The van der Waals surface area contributed by atoms with Crippen molar-refractivity contribution in [2.45, 2.75) is 44.5 Å². The highest BCUT2D eigenvalue weighted by atomic mass is 19.2. The quantitative estimate of drug-likeness (QED) is 0.225. The number of halogens is 2. The number of anilines is 1. The predicted octanol–water partition coefficient (Wildman–Crippen LogP) is 4.04. The van der Waals surface area contributed by atoms with Crippen LogP contribution in [-0.4, -0.2) is 87.7 Å². The van der Waals surface area contributed by atoms with Crippen LogP contribution >= 0.6 is 0 Å². The Morgan fingerprint density at radius 2 is 1.78 bits per heavy atom. The van der Waals surface area contributed by atoms with E-state index in [-0.39, 0.29) is 36.8 Å². The molecule has 0 saturated carbocycles. The lowest BCUT2D eigenvalue weighted by Gasteiger charge is -2.46. The van der Waals surface area contributed by atoms with Gasteiger partial charge < -0.3 is 14.4 Å². The number of rotatable bonds is 11. The van der Waals surface area contributed by atoms with Gasteiger partial charge in [-0.15, -0.1) is 0 Å². The normalized spacial score (nSPS) is 22.7. The molecule has 2 bridgehead atoms. The van der Waals surface area contributed by atoms with E-state index in [1.165, 1.54) is 6.20 Å².